The lowest BCUT2D eigenvalue weighted by Crippen LogP contribution is -2.16. The van der Waals surface area contributed by atoms with Crippen molar-refractivity contribution in [3.63, 3.8) is 0 Å². The van der Waals surface area contributed by atoms with Gasteiger partial charge in [0.15, 0.2) is 0 Å². The highest BCUT2D eigenvalue weighted by molar-refractivity contribution is 7.89. The molecule has 0 radical (unpaired) electrons. The first-order chi connectivity index (χ1) is 4.92. The van der Waals surface area contributed by atoms with Crippen molar-refractivity contribution in [3.8, 4) is 0 Å². The van der Waals surface area contributed by atoms with Crippen molar-refractivity contribution < 1.29 is 8.42 Å². The smallest absolute Gasteiger partial charge is 0.209 e. The second-order valence-electron chi connectivity index (χ2n) is 3.26. The number of hydrogen-bond acceptors (Lipinski definition) is 2. The standard InChI is InChI=1S/C7H17NO2S/c1-7(2)5-3-4-6-11(8,9)10/h7H,3-6H2,1-2H3,(H2,8,9,10). The summed E-state index contributed by atoms with van der Waals surface area (Å²) < 4.78 is 20.9. The Balaban J connectivity index is 3.30. The maximum Gasteiger partial charge on any atom is 0.209 e. The summed E-state index contributed by atoms with van der Waals surface area (Å²) >= 11 is 0. The number of nitrogens with two attached hydrogens (primary N) is 1. The van der Waals surface area contributed by atoms with Crippen LogP contribution in [0, 0.1) is 5.92 Å². The van der Waals surface area contributed by atoms with E-state index in [4.69, 9.17) is 5.14 Å². The average Bonchev–Trinajstić information content (AvgIpc) is 1.78. The monoisotopic (exact) mass is 179 g/mol. The second kappa shape index (κ2) is 4.72. The van der Waals surface area contributed by atoms with Gasteiger partial charge in [-0.15, -0.1) is 0 Å². The van der Waals surface area contributed by atoms with Gasteiger partial charge in [-0.25, -0.2) is 13.6 Å². The lowest BCUT2D eigenvalue weighted by atomic mass is 10.1. The molecule has 2 N–H and O–H groups in total. The molecule has 11 heavy (non-hydrogen) atoms. The fraction of sp³-hybridized carbons (Fsp3) is 1.00. The summed E-state index contributed by atoms with van der Waals surface area (Å²) in [6.45, 7) is 4.24. The first kappa shape index (κ1) is 10.9. The zero-order valence-corrected chi connectivity index (χ0v) is 8.02. The fourth-order valence-electron chi connectivity index (χ4n) is 0.856. The van der Waals surface area contributed by atoms with E-state index in [1.54, 1.807) is 0 Å². The molecule has 0 amide bonds. The Bertz CT molecular complexity index is 185. The summed E-state index contributed by atoms with van der Waals surface area (Å²) in [5, 5.41) is 4.82. The van der Waals surface area contributed by atoms with Gasteiger partial charge in [0.2, 0.25) is 10.0 Å². The van der Waals surface area contributed by atoms with Crippen LogP contribution in [0.25, 0.3) is 0 Å². The van der Waals surface area contributed by atoms with Crippen LogP contribution in [0.5, 0.6) is 0 Å². The van der Waals surface area contributed by atoms with E-state index in [-0.39, 0.29) is 5.75 Å². The molecule has 0 aromatic carbocycles. The second-order valence-corrected chi connectivity index (χ2v) is 4.99. The van der Waals surface area contributed by atoms with Crippen LogP contribution < -0.4 is 5.14 Å². The summed E-state index contributed by atoms with van der Waals surface area (Å²) in [6, 6.07) is 0. The molecule has 0 aromatic heterocycles. The van der Waals surface area contributed by atoms with E-state index >= 15 is 0 Å². The van der Waals surface area contributed by atoms with Crippen molar-refractivity contribution in [2.45, 2.75) is 33.1 Å². The molecular weight excluding hydrogens is 162 g/mol. The van der Waals surface area contributed by atoms with Crippen LogP contribution in [0.15, 0.2) is 0 Å². The van der Waals surface area contributed by atoms with E-state index in [9.17, 15) is 8.42 Å². The number of primary sulfonamides is 1. The third kappa shape index (κ3) is 9.91. The molecule has 0 unspecified atom stereocenters. The van der Waals surface area contributed by atoms with Crippen LogP contribution in [0.3, 0.4) is 0 Å². The Hall–Kier alpha value is -0.0900. The minimum absolute atomic E-state index is 0.125. The Morgan fingerprint density at radius 2 is 1.82 bits per heavy atom. The summed E-state index contributed by atoms with van der Waals surface area (Å²) in [5.41, 5.74) is 0. The van der Waals surface area contributed by atoms with Gasteiger partial charge in [-0.2, -0.15) is 0 Å². The van der Waals surface area contributed by atoms with E-state index in [1.165, 1.54) is 0 Å². The molecule has 0 bridgehead atoms. The largest absolute Gasteiger partial charge is 0.229 e. The van der Waals surface area contributed by atoms with Crippen molar-refractivity contribution in [2.24, 2.45) is 11.1 Å². The summed E-state index contributed by atoms with van der Waals surface area (Å²) in [4.78, 5) is 0. The van der Waals surface area contributed by atoms with Crippen molar-refractivity contribution in [3.05, 3.63) is 0 Å². The van der Waals surface area contributed by atoms with E-state index < -0.39 is 10.0 Å². The SMILES string of the molecule is CC(C)CCCCS(N)(=O)=O. The zero-order valence-electron chi connectivity index (χ0n) is 7.21. The molecule has 0 atom stereocenters. The van der Waals surface area contributed by atoms with Gasteiger partial charge >= 0.3 is 0 Å². The average molecular weight is 179 g/mol. The molecule has 0 saturated heterocycles. The molecule has 0 aliphatic rings. The number of rotatable bonds is 5. The van der Waals surface area contributed by atoms with Gasteiger partial charge in [-0.1, -0.05) is 26.7 Å². The van der Waals surface area contributed by atoms with Crippen LogP contribution in [0.1, 0.15) is 33.1 Å². The van der Waals surface area contributed by atoms with Gasteiger partial charge in [-0.3, -0.25) is 0 Å². The molecule has 0 saturated carbocycles. The summed E-state index contributed by atoms with van der Waals surface area (Å²) in [5.74, 6) is 0.773. The van der Waals surface area contributed by atoms with Crippen LogP contribution in [-0.4, -0.2) is 14.2 Å². The number of hydrogen-bond donors (Lipinski definition) is 1. The Labute approximate surface area is 69.0 Å². The molecule has 0 spiro atoms. The van der Waals surface area contributed by atoms with E-state index in [2.05, 4.69) is 13.8 Å². The molecule has 0 aliphatic heterocycles. The van der Waals surface area contributed by atoms with Crippen molar-refractivity contribution >= 4 is 10.0 Å². The van der Waals surface area contributed by atoms with Crippen LogP contribution in [-0.2, 0) is 10.0 Å². The topological polar surface area (TPSA) is 60.2 Å². The highest BCUT2D eigenvalue weighted by Crippen LogP contribution is 2.06. The van der Waals surface area contributed by atoms with Gasteiger partial charge in [0, 0.05) is 0 Å². The third-order valence-corrected chi connectivity index (χ3v) is 2.32. The molecule has 3 nitrogen and oxygen atoms in total. The predicted octanol–water partition coefficient (Wildman–Crippen LogP) is 1.10. The highest BCUT2D eigenvalue weighted by Gasteiger charge is 2.01. The van der Waals surface area contributed by atoms with Gasteiger partial charge in [0.05, 0.1) is 5.75 Å². The third-order valence-electron chi connectivity index (χ3n) is 1.46. The molecule has 0 rings (SSSR count). The lowest BCUT2D eigenvalue weighted by molar-refractivity contribution is 0.543. The van der Waals surface area contributed by atoms with Crippen LogP contribution in [0.4, 0.5) is 0 Å². The minimum atomic E-state index is -3.22. The van der Waals surface area contributed by atoms with E-state index in [1.807, 2.05) is 0 Å². The summed E-state index contributed by atoms with van der Waals surface area (Å²) in [6.07, 6.45) is 2.72. The van der Waals surface area contributed by atoms with Gasteiger partial charge in [0.25, 0.3) is 0 Å². The normalized spacial score (nSPS) is 12.4. The molecule has 0 aliphatic carbocycles. The quantitative estimate of drug-likeness (QED) is 0.642. The summed E-state index contributed by atoms with van der Waals surface area (Å²) in [7, 11) is -3.22. The first-order valence-corrected chi connectivity index (χ1v) is 5.64. The van der Waals surface area contributed by atoms with Gasteiger partial charge in [0.1, 0.15) is 0 Å². The van der Waals surface area contributed by atoms with Gasteiger partial charge in [-0.05, 0) is 12.3 Å². The molecule has 4 heteroatoms. The first-order valence-electron chi connectivity index (χ1n) is 3.92. The predicted molar refractivity (Wildman–Crippen MR) is 46.7 cm³/mol. The van der Waals surface area contributed by atoms with E-state index in [0.717, 1.165) is 12.8 Å². The van der Waals surface area contributed by atoms with Crippen molar-refractivity contribution in [2.75, 3.05) is 5.75 Å². The molecule has 0 heterocycles. The Kier molecular flexibility index (Phi) is 4.68. The maximum absolute atomic E-state index is 10.5. The lowest BCUT2D eigenvalue weighted by Gasteiger charge is -2.02. The Morgan fingerprint density at radius 1 is 1.27 bits per heavy atom. The van der Waals surface area contributed by atoms with Crippen molar-refractivity contribution in [1.29, 1.82) is 0 Å². The van der Waals surface area contributed by atoms with Crippen LogP contribution in [0.2, 0.25) is 0 Å². The fourth-order valence-corrected chi connectivity index (χ4v) is 1.46. The van der Waals surface area contributed by atoms with E-state index in [0.29, 0.717) is 12.3 Å². The molecular formula is C7H17NO2S. The van der Waals surface area contributed by atoms with Crippen molar-refractivity contribution in [1.82, 2.24) is 0 Å². The van der Waals surface area contributed by atoms with Crippen LogP contribution >= 0.6 is 0 Å². The number of sulfonamides is 1. The number of unbranched alkanes of at least 4 members (excludes halogenated alkanes) is 1. The minimum Gasteiger partial charge on any atom is -0.229 e. The highest BCUT2D eigenvalue weighted by atomic mass is 32.2. The molecule has 68 valence electrons. The molecule has 0 fully saturated rings. The van der Waals surface area contributed by atoms with Gasteiger partial charge < -0.3 is 0 Å². The maximum atomic E-state index is 10.5. The Morgan fingerprint density at radius 3 is 2.18 bits per heavy atom. The molecule has 0 aromatic rings. The zero-order chi connectivity index (χ0) is 8.91.